The molecule has 2 N–H and O–H groups in total. The van der Waals surface area contributed by atoms with Gasteiger partial charge in [-0.1, -0.05) is 13.5 Å². The summed E-state index contributed by atoms with van der Waals surface area (Å²) in [6, 6.07) is 0.663. The Hall–Kier alpha value is -1.83. The third-order valence-electron chi connectivity index (χ3n) is 1.51. The first kappa shape index (κ1) is 11.2. The van der Waals surface area contributed by atoms with Gasteiger partial charge in [0.1, 0.15) is 0 Å². The Labute approximate surface area is 75.7 Å². The number of carbonyl (C=O) groups is 2. The highest BCUT2D eigenvalue weighted by Gasteiger charge is 2.18. The first-order valence-electron chi connectivity index (χ1n) is 3.65. The summed E-state index contributed by atoms with van der Waals surface area (Å²) < 4.78 is 0. The molecule has 0 aromatic heterocycles. The summed E-state index contributed by atoms with van der Waals surface area (Å²) in [4.78, 5) is 21.0. The Morgan fingerprint density at radius 1 is 1.69 bits per heavy atom. The first-order chi connectivity index (χ1) is 6.02. The third-order valence-corrected chi connectivity index (χ3v) is 1.51. The molecule has 0 spiro atoms. The molecule has 0 aliphatic rings. The van der Waals surface area contributed by atoms with Crippen LogP contribution in [-0.2, 0) is 9.59 Å². The quantitative estimate of drug-likeness (QED) is 0.474. The standard InChI is InChI=1S/C8H10N2O3/c1-3-6(5(2)8(12)13)10-7(11)4-9/h6H,2-3H2,1H3,(H,10,11)(H,12,13). The number of nitriles is 1. The van der Waals surface area contributed by atoms with Gasteiger partial charge in [-0.3, -0.25) is 4.79 Å². The number of carboxylic acids is 1. The Kier molecular flexibility index (Phi) is 4.24. The summed E-state index contributed by atoms with van der Waals surface area (Å²) in [6.45, 7) is 4.98. The van der Waals surface area contributed by atoms with E-state index in [0.717, 1.165) is 0 Å². The van der Waals surface area contributed by atoms with Gasteiger partial charge >= 0.3 is 11.9 Å². The van der Waals surface area contributed by atoms with Crippen molar-refractivity contribution in [3.63, 3.8) is 0 Å². The summed E-state index contributed by atoms with van der Waals surface area (Å²) in [6.07, 6.45) is 0.387. The van der Waals surface area contributed by atoms with E-state index < -0.39 is 17.9 Å². The zero-order valence-corrected chi connectivity index (χ0v) is 7.20. The van der Waals surface area contributed by atoms with Crippen molar-refractivity contribution in [2.75, 3.05) is 0 Å². The van der Waals surface area contributed by atoms with Crippen LogP contribution in [0, 0.1) is 11.3 Å². The molecule has 0 aromatic rings. The molecule has 5 heteroatoms. The minimum Gasteiger partial charge on any atom is -0.478 e. The summed E-state index contributed by atoms with van der Waals surface area (Å²) >= 11 is 0. The maximum Gasteiger partial charge on any atom is 0.333 e. The van der Waals surface area contributed by atoms with Crippen molar-refractivity contribution in [1.29, 1.82) is 5.26 Å². The van der Waals surface area contributed by atoms with E-state index in [2.05, 4.69) is 11.9 Å². The zero-order valence-electron chi connectivity index (χ0n) is 7.20. The normalized spacial score (nSPS) is 11.1. The van der Waals surface area contributed by atoms with Crippen LogP contribution in [0.1, 0.15) is 13.3 Å². The van der Waals surface area contributed by atoms with E-state index in [9.17, 15) is 9.59 Å². The second kappa shape index (κ2) is 4.93. The number of hydrogen-bond acceptors (Lipinski definition) is 3. The van der Waals surface area contributed by atoms with E-state index in [1.54, 1.807) is 6.92 Å². The second-order valence-corrected chi connectivity index (χ2v) is 2.38. The topological polar surface area (TPSA) is 90.2 Å². The molecule has 0 aliphatic heterocycles. The molecule has 0 rings (SSSR count). The zero-order chi connectivity index (χ0) is 10.4. The minimum atomic E-state index is -1.18. The fraction of sp³-hybridized carbons (Fsp3) is 0.375. The van der Waals surface area contributed by atoms with Crippen molar-refractivity contribution in [3.05, 3.63) is 12.2 Å². The number of carboxylic acid groups (broad SMARTS) is 1. The number of nitrogens with zero attached hydrogens (tertiary/aromatic N) is 1. The minimum absolute atomic E-state index is 0.119. The highest BCUT2D eigenvalue weighted by molar-refractivity contribution is 5.94. The molecule has 1 amide bonds. The van der Waals surface area contributed by atoms with Crippen molar-refractivity contribution >= 4 is 11.9 Å². The predicted octanol–water partition coefficient (Wildman–Crippen LogP) is 0.0456. The molecule has 0 bridgehead atoms. The first-order valence-corrected chi connectivity index (χ1v) is 3.65. The van der Waals surface area contributed by atoms with Gasteiger partial charge in [-0.05, 0) is 6.42 Å². The lowest BCUT2D eigenvalue weighted by molar-refractivity contribution is -0.133. The maximum absolute atomic E-state index is 10.6. The van der Waals surface area contributed by atoms with Crippen molar-refractivity contribution in [2.45, 2.75) is 19.4 Å². The van der Waals surface area contributed by atoms with Crippen molar-refractivity contribution < 1.29 is 14.7 Å². The maximum atomic E-state index is 10.6. The van der Waals surface area contributed by atoms with Crippen LogP contribution < -0.4 is 5.32 Å². The fourth-order valence-electron chi connectivity index (χ4n) is 0.775. The molecule has 0 heterocycles. The van der Waals surface area contributed by atoms with Gasteiger partial charge in [-0.15, -0.1) is 0 Å². The largest absolute Gasteiger partial charge is 0.478 e. The van der Waals surface area contributed by atoms with E-state index >= 15 is 0 Å². The second-order valence-electron chi connectivity index (χ2n) is 2.38. The number of hydrogen-bond donors (Lipinski definition) is 2. The van der Waals surface area contributed by atoms with Crippen LogP contribution in [0.2, 0.25) is 0 Å². The van der Waals surface area contributed by atoms with Crippen molar-refractivity contribution in [2.24, 2.45) is 0 Å². The van der Waals surface area contributed by atoms with Crippen LogP contribution in [0.15, 0.2) is 12.2 Å². The molecular formula is C8H10N2O3. The van der Waals surface area contributed by atoms with Gasteiger partial charge in [0.15, 0.2) is 6.07 Å². The molecule has 0 aromatic carbocycles. The lowest BCUT2D eigenvalue weighted by atomic mass is 10.1. The molecule has 5 nitrogen and oxygen atoms in total. The summed E-state index contributed by atoms with van der Waals surface area (Å²) in [5, 5.41) is 18.9. The van der Waals surface area contributed by atoms with Crippen molar-refractivity contribution in [1.82, 2.24) is 5.32 Å². The smallest absolute Gasteiger partial charge is 0.333 e. The Bertz CT molecular complexity index is 278. The van der Waals surface area contributed by atoms with Crippen LogP contribution >= 0.6 is 0 Å². The monoisotopic (exact) mass is 182 g/mol. The van der Waals surface area contributed by atoms with Gasteiger partial charge in [0, 0.05) is 0 Å². The SMILES string of the molecule is C=C(C(=O)O)C(CC)NC(=O)C#N. The third kappa shape index (κ3) is 3.38. The fourth-order valence-corrected chi connectivity index (χ4v) is 0.775. The number of rotatable bonds is 4. The highest BCUT2D eigenvalue weighted by Crippen LogP contribution is 2.03. The Morgan fingerprint density at radius 2 is 2.23 bits per heavy atom. The van der Waals surface area contributed by atoms with Crippen molar-refractivity contribution in [3.8, 4) is 6.07 Å². The van der Waals surface area contributed by atoms with E-state index in [4.69, 9.17) is 10.4 Å². The molecule has 0 fully saturated rings. The molecule has 70 valence electrons. The molecule has 0 saturated carbocycles. The van der Waals surface area contributed by atoms with Gasteiger partial charge in [-0.25, -0.2) is 4.79 Å². The van der Waals surface area contributed by atoms with E-state index in [1.807, 2.05) is 0 Å². The van der Waals surface area contributed by atoms with Gasteiger partial charge < -0.3 is 10.4 Å². The molecule has 13 heavy (non-hydrogen) atoms. The van der Waals surface area contributed by atoms with E-state index in [0.29, 0.717) is 6.42 Å². The lowest BCUT2D eigenvalue weighted by Gasteiger charge is -2.13. The van der Waals surface area contributed by atoms with Gasteiger partial charge in [0.2, 0.25) is 0 Å². The number of amides is 1. The number of aliphatic carboxylic acids is 1. The molecule has 0 aliphatic carbocycles. The predicted molar refractivity (Wildman–Crippen MR) is 44.6 cm³/mol. The molecule has 1 unspecified atom stereocenters. The van der Waals surface area contributed by atoms with Gasteiger partial charge in [0.25, 0.3) is 0 Å². The van der Waals surface area contributed by atoms with E-state index in [1.165, 1.54) is 6.07 Å². The Balaban J connectivity index is 4.37. The van der Waals surface area contributed by atoms with Crippen LogP contribution in [0.25, 0.3) is 0 Å². The van der Waals surface area contributed by atoms with Crippen LogP contribution in [0.4, 0.5) is 0 Å². The number of nitrogens with one attached hydrogen (secondary N) is 1. The molecule has 1 atom stereocenters. The van der Waals surface area contributed by atoms with Gasteiger partial charge in [0.05, 0.1) is 11.6 Å². The molecular weight excluding hydrogens is 172 g/mol. The summed E-state index contributed by atoms with van der Waals surface area (Å²) in [7, 11) is 0. The lowest BCUT2D eigenvalue weighted by Crippen LogP contribution is -2.36. The van der Waals surface area contributed by atoms with Crippen LogP contribution in [0.5, 0.6) is 0 Å². The van der Waals surface area contributed by atoms with Crippen LogP contribution in [-0.4, -0.2) is 23.0 Å². The van der Waals surface area contributed by atoms with E-state index in [-0.39, 0.29) is 5.57 Å². The highest BCUT2D eigenvalue weighted by atomic mass is 16.4. The Morgan fingerprint density at radius 3 is 2.54 bits per heavy atom. The average molecular weight is 182 g/mol. The average Bonchev–Trinajstić information content (AvgIpc) is 2.12. The summed E-state index contributed by atoms with van der Waals surface area (Å²) in [5.74, 6) is -2.03. The van der Waals surface area contributed by atoms with Gasteiger partial charge in [-0.2, -0.15) is 5.26 Å². The molecule has 0 saturated heterocycles. The molecule has 0 radical (unpaired) electrons. The van der Waals surface area contributed by atoms with Crippen LogP contribution in [0.3, 0.4) is 0 Å². The number of carbonyl (C=O) groups excluding carboxylic acids is 1. The summed E-state index contributed by atoms with van der Waals surface area (Å²) in [5.41, 5.74) is -0.119.